The fourth-order valence-corrected chi connectivity index (χ4v) is 3.92. The Labute approximate surface area is 207 Å². The van der Waals surface area contributed by atoms with Crippen LogP contribution in [-0.4, -0.2) is 58.7 Å². The molecule has 2 atom stereocenters. The van der Waals surface area contributed by atoms with Crippen molar-refractivity contribution in [3.8, 4) is 0 Å². The number of nitro benzene ring substituents is 1. The van der Waals surface area contributed by atoms with E-state index in [1.165, 1.54) is 18.2 Å². The number of esters is 1. The van der Waals surface area contributed by atoms with Crippen LogP contribution in [0.3, 0.4) is 0 Å². The zero-order chi connectivity index (χ0) is 26.1. The molecule has 1 N–H and O–H groups in total. The molecule has 1 aromatic heterocycles. The molecule has 12 nitrogen and oxygen atoms in total. The van der Waals surface area contributed by atoms with E-state index in [4.69, 9.17) is 14.0 Å². The lowest BCUT2D eigenvalue weighted by Gasteiger charge is -2.23. The average molecular weight is 501 g/mol. The summed E-state index contributed by atoms with van der Waals surface area (Å²) < 4.78 is 15.3. The number of aromatic nitrogens is 1. The lowest BCUT2D eigenvalue weighted by molar-refractivity contribution is -0.384. The van der Waals surface area contributed by atoms with Gasteiger partial charge in [-0.15, -0.1) is 0 Å². The minimum atomic E-state index is -1.05. The van der Waals surface area contributed by atoms with Crippen molar-refractivity contribution in [2.24, 2.45) is 0 Å². The topological polar surface area (TPSA) is 154 Å². The van der Waals surface area contributed by atoms with Crippen LogP contribution < -0.4 is 5.32 Å². The lowest BCUT2D eigenvalue weighted by atomic mass is 10.1. The van der Waals surface area contributed by atoms with Gasteiger partial charge in [0.2, 0.25) is 5.91 Å². The first-order valence-corrected chi connectivity index (χ1v) is 11.5. The number of nitrogens with one attached hydrogen (secondary N) is 1. The molecule has 0 spiro atoms. The predicted octanol–water partition coefficient (Wildman–Crippen LogP) is 2.88. The number of hydrogen-bond donors (Lipinski definition) is 1. The van der Waals surface area contributed by atoms with Crippen LogP contribution in [0.5, 0.6) is 0 Å². The molecule has 2 heterocycles. The van der Waals surface area contributed by atoms with E-state index in [1.807, 2.05) is 0 Å². The smallest absolute Gasteiger partial charge is 0.408 e. The van der Waals surface area contributed by atoms with E-state index in [9.17, 15) is 24.5 Å². The first-order chi connectivity index (χ1) is 17.3. The molecule has 1 aliphatic heterocycles. The Morgan fingerprint density at radius 2 is 2.08 bits per heavy atom. The molecule has 36 heavy (non-hydrogen) atoms. The van der Waals surface area contributed by atoms with Crippen LogP contribution in [0.1, 0.15) is 42.8 Å². The standard InChI is InChI=1S/C24H28N4O8/c1-3-12-35-24(31)25-20(23(30)34-4-2)15-18-14-19(26-36-18)21-6-5-11-27(21)22(29)13-16-7-9-17(10-8-16)28(32)33/h3,7-10,14,20-21H,1,4-6,11-13,15H2,2H3,(H,25,31). The highest BCUT2D eigenvalue weighted by atomic mass is 16.6. The van der Waals surface area contributed by atoms with Gasteiger partial charge < -0.3 is 24.2 Å². The van der Waals surface area contributed by atoms with Crippen LogP contribution in [0.15, 0.2) is 47.5 Å². The summed E-state index contributed by atoms with van der Waals surface area (Å²) in [6.07, 6.45) is 2.15. The van der Waals surface area contributed by atoms with Gasteiger partial charge in [-0.3, -0.25) is 14.9 Å². The summed E-state index contributed by atoms with van der Waals surface area (Å²) in [5.74, 6) is -0.444. The highest BCUT2D eigenvalue weighted by molar-refractivity contribution is 5.81. The van der Waals surface area contributed by atoms with Gasteiger partial charge in [0.05, 0.1) is 24.0 Å². The summed E-state index contributed by atoms with van der Waals surface area (Å²) in [4.78, 5) is 49.3. The van der Waals surface area contributed by atoms with Crippen molar-refractivity contribution < 1.29 is 33.3 Å². The number of non-ortho nitro benzene ring substituents is 1. The van der Waals surface area contributed by atoms with Gasteiger partial charge in [0.25, 0.3) is 5.69 Å². The molecule has 3 rings (SSSR count). The van der Waals surface area contributed by atoms with Crippen molar-refractivity contribution in [2.45, 2.75) is 44.7 Å². The number of hydrogen-bond acceptors (Lipinski definition) is 9. The van der Waals surface area contributed by atoms with E-state index >= 15 is 0 Å². The van der Waals surface area contributed by atoms with Gasteiger partial charge in [0.1, 0.15) is 24.1 Å². The minimum Gasteiger partial charge on any atom is -0.464 e. The molecule has 0 radical (unpaired) electrons. The summed E-state index contributed by atoms with van der Waals surface area (Å²) in [7, 11) is 0. The third-order valence-electron chi connectivity index (χ3n) is 5.60. The Balaban J connectivity index is 1.66. The Morgan fingerprint density at radius 3 is 2.75 bits per heavy atom. The molecule has 0 saturated carbocycles. The van der Waals surface area contributed by atoms with Crippen molar-refractivity contribution >= 4 is 23.7 Å². The Hall–Kier alpha value is -4.22. The number of ether oxygens (including phenoxy) is 2. The quantitative estimate of drug-likeness (QED) is 0.212. The van der Waals surface area contributed by atoms with E-state index < -0.39 is 23.0 Å². The summed E-state index contributed by atoms with van der Waals surface area (Å²) in [6.45, 7) is 5.78. The zero-order valence-corrected chi connectivity index (χ0v) is 19.9. The minimum absolute atomic E-state index is 0.0146. The van der Waals surface area contributed by atoms with Crippen LogP contribution in [0, 0.1) is 10.1 Å². The SMILES string of the molecule is C=CCOC(=O)NC(Cc1cc(C2CCCN2C(=O)Cc2ccc([N+](=O)[O-])cc2)no1)C(=O)OCC. The van der Waals surface area contributed by atoms with Crippen molar-refractivity contribution in [3.63, 3.8) is 0 Å². The molecule has 12 heteroatoms. The number of nitro groups is 1. The Kier molecular flexibility index (Phi) is 9.14. The van der Waals surface area contributed by atoms with Gasteiger partial charge in [-0.25, -0.2) is 9.59 Å². The maximum absolute atomic E-state index is 13.0. The summed E-state index contributed by atoms with van der Waals surface area (Å²) >= 11 is 0. The third kappa shape index (κ3) is 6.90. The number of carbonyl (C=O) groups is 3. The van der Waals surface area contributed by atoms with E-state index in [2.05, 4.69) is 17.1 Å². The molecule has 2 amide bonds. The van der Waals surface area contributed by atoms with Crippen LogP contribution in [-0.2, 0) is 31.9 Å². The van der Waals surface area contributed by atoms with Crippen LogP contribution in [0.25, 0.3) is 0 Å². The molecule has 0 bridgehead atoms. The second-order valence-electron chi connectivity index (χ2n) is 8.10. The Bertz CT molecular complexity index is 1100. The van der Waals surface area contributed by atoms with Gasteiger partial charge in [-0.05, 0) is 25.3 Å². The molecular formula is C24H28N4O8. The van der Waals surface area contributed by atoms with Gasteiger partial charge >= 0.3 is 12.1 Å². The maximum Gasteiger partial charge on any atom is 0.408 e. The van der Waals surface area contributed by atoms with Crippen molar-refractivity contribution in [1.29, 1.82) is 0 Å². The van der Waals surface area contributed by atoms with Crippen LogP contribution in [0.4, 0.5) is 10.5 Å². The molecule has 1 aromatic carbocycles. The molecule has 2 aromatic rings. The number of likely N-dealkylation sites (tertiary alicyclic amines) is 1. The number of carbonyl (C=O) groups excluding carboxylic acids is 3. The first-order valence-electron chi connectivity index (χ1n) is 11.5. The highest BCUT2D eigenvalue weighted by Gasteiger charge is 2.33. The fourth-order valence-electron chi connectivity index (χ4n) is 3.92. The van der Waals surface area contributed by atoms with Crippen LogP contribution >= 0.6 is 0 Å². The fraction of sp³-hybridized carbons (Fsp3) is 0.417. The lowest BCUT2D eigenvalue weighted by Crippen LogP contribution is -2.43. The number of benzene rings is 1. The zero-order valence-electron chi connectivity index (χ0n) is 19.9. The second kappa shape index (κ2) is 12.5. The monoisotopic (exact) mass is 500 g/mol. The molecular weight excluding hydrogens is 472 g/mol. The summed E-state index contributed by atoms with van der Waals surface area (Å²) in [6, 6.07) is 6.18. The highest BCUT2D eigenvalue weighted by Crippen LogP contribution is 2.32. The molecule has 0 aliphatic carbocycles. The van der Waals surface area contributed by atoms with Gasteiger partial charge in [0.15, 0.2) is 0 Å². The number of alkyl carbamates (subject to hydrolysis) is 1. The average Bonchev–Trinajstić information content (AvgIpc) is 3.52. The van der Waals surface area contributed by atoms with Crippen molar-refractivity contribution in [3.05, 3.63) is 70.1 Å². The third-order valence-corrected chi connectivity index (χ3v) is 5.60. The summed E-state index contributed by atoms with van der Waals surface area (Å²) in [5.41, 5.74) is 1.17. The second-order valence-corrected chi connectivity index (χ2v) is 8.10. The van der Waals surface area contributed by atoms with E-state index in [0.29, 0.717) is 30.0 Å². The number of nitrogens with zero attached hydrogens (tertiary/aromatic N) is 3. The van der Waals surface area contributed by atoms with Gasteiger partial charge in [-0.2, -0.15) is 0 Å². The predicted molar refractivity (Wildman–Crippen MR) is 126 cm³/mol. The van der Waals surface area contributed by atoms with Gasteiger partial charge in [-0.1, -0.05) is 29.9 Å². The molecule has 1 fully saturated rings. The first kappa shape index (κ1) is 26.4. The largest absolute Gasteiger partial charge is 0.464 e. The molecule has 2 unspecified atom stereocenters. The van der Waals surface area contributed by atoms with Crippen molar-refractivity contribution in [1.82, 2.24) is 15.4 Å². The number of rotatable bonds is 11. The van der Waals surface area contributed by atoms with E-state index in [1.54, 1.807) is 30.0 Å². The number of amides is 2. The van der Waals surface area contributed by atoms with Crippen LogP contribution in [0.2, 0.25) is 0 Å². The Morgan fingerprint density at radius 1 is 1.33 bits per heavy atom. The molecule has 192 valence electrons. The van der Waals surface area contributed by atoms with Gasteiger partial charge in [0, 0.05) is 31.2 Å². The molecule has 1 saturated heterocycles. The van der Waals surface area contributed by atoms with Crippen molar-refractivity contribution in [2.75, 3.05) is 19.8 Å². The van der Waals surface area contributed by atoms with E-state index in [0.717, 1.165) is 6.42 Å². The summed E-state index contributed by atoms with van der Waals surface area (Å²) in [5, 5.41) is 17.4. The maximum atomic E-state index is 13.0. The van der Waals surface area contributed by atoms with E-state index in [-0.39, 0.29) is 43.7 Å². The normalized spacial score (nSPS) is 15.7. The molecule has 1 aliphatic rings.